The monoisotopic (exact) mass is 542 g/mol. The van der Waals surface area contributed by atoms with Gasteiger partial charge in [0.15, 0.2) is 0 Å². The van der Waals surface area contributed by atoms with E-state index in [1.807, 2.05) is 69.3 Å². The molecule has 0 radical (unpaired) electrons. The van der Waals surface area contributed by atoms with Gasteiger partial charge in [0.25, 0.3) is 5.91 Å². The Morgan fingerprint density at radius 2 is 1.63 bits per heavy atom. The average molecular weight is 543 g/mol. The Hall–Kier alpha value is -3.81. The van der Waals surface area contributed by atoms with Crippen LogP contribution in [0, 0.1) is 13.8 Å². The number of aliphatic imine (C=N–C) groups is 1. The Kier molecular flexibility index (Phi) is 7.40. The minimum Gasteiger partial charge on any atom is -0.322 e. The molecule has 1 unspecified atom stereocenters. The van der Waals surface area contributed by atoms with E-state index in [0.29, 0.717) is 27.7 Å². The van der Waals surface area contributed by atoms with Gasteiger partial charge in [-0.25, -0.2) is 9.79 Å². The number of allylic oxidation sites excluding steroid dienone is 1. The van der Waals surface area contributed by atoms with Crippen molar-refractivity contribution in [2.24, 2.45) is 4.99 Å². The maximum atomic E-state index is 13.7. The average Bonchev–Trinajstić information content (AvgIpc) is 3.29. The number of thioether (sulfide) groups is 1. The maximum absolute atomic E-state index is 13.7. The Morgan fingerprint density at radius 3 is 2.37 bits per heavy atom. The van der Waals surface area contributed by atoms with Crippen LogP contribution < -0.4 is 16.0 Å². The van der Waals surface area contributed by atoms with E-state index in [9.17, 15) is 9.59 Å². The first-order chi connectivity index (χ1) is 18.3. The number of hydrogen-bond donors (Lipinski definition) is 3. The van der Waals surface area contributed by atoms with Crippen LogP contribution in [0.5, 0.6) is 0 Å². The van der Waals surface area contributed by atoms with Crippen LogP contribution in [0.3, 0.4) is 0 Å². The number of aryl methyl sites for hydroxylation is 1. The quantitative estimate of drug-likeness (QED) is 0.319. The van der Waals surface area contributed by atoms with Gasteiger partial charge in [0.05, 0.1) is 5.57 Å². The second-order valence-corrected chi connectivity index (χ2v) is 10.6. The fourth-order valence-electron chi connectivity index (χ4n) is 4.67. The second kappa shape index (κ2) is 10.9. The van der Waals surface area contributed by atoms with E-state index in [0.717, 1.165) is 38.7 Å². The highest BCUT2D eigenvalue weighted by Gasteiger charge is 2.39. The lowest BCUT2D eigenvalue weighted by Gasteiger charge is -2.28. The summed E-state index contributed by atoms with van der Waals surface area (Å²) in [5.74, 6) is -0.0797. The minimum atomic E-state index is -0.387. The van der Waals surface area contributed by atoms with Gasteiger partial charge in [0, 0.05) is 45.0 Å². The smallest absolute Gasteiger partial charge is 0.322 e. The zero-order valence-electron chi connectivity index (χ0n) is 21.3. The van der Waals surface area contributed by atoms with Crippen molar-refractivity contribution < 1.29 is 9.59 Å². The van der Waals surface area contributed by atoms with Crippen LogP contribution in [0.25, 0.3) is 0 Å². The summed E-state index contributed by atoms with van der Waals surface area (Å²) in [7, 11) is 0. The largest absolute Gasteiger partial charge is 0.323 e. The van der Waals surface area contributed by atoms with Crippen molar-refractivity contribution in [3.05, 3.63) is 117 Å². The van der Waals surface area contributed by atoms with Crippen molar-refractivity contribution >= 4 is 51.7 Å². The molecule has 0 aliphatic carbocycles. The molecule has 3 N–H and O–H groups in total. The lowest BCUT2D eigenvalue weighted by atomic mass is 9.81. The van der Waals surface area contributed by atoms with Crippen molar-refractivity contribution in [3.63, 3.8) is 0 Å². The Labute approximate surface area is 231 Å². The normalized spacial score (nSPS) is 16.6. The third kappa shape index (κ3) is 5.26. The van der Waals surface area contributed by atoms with Crippen LogP contribution in [0.1, 0.15) is 29.5 Å². The minimum absolute atomic E-state index is 0.245. The van der Waals surface area contributed by atoms with Crippen LogP contribution in [-0.4, -0.2) is 22.7 Å². The highest BCUT2D eigenvalue weighted by Crippen LogP contribution is 2.45. The fraction of sp³-hybridized carbons (Fsp3) is 0.167. The highest BCUT2D eigenvalue weighted by molar-refractivity contribution is 8.15. The lowest BCUT2D eigenvalue weighted by molar-refractivity contribution is -0.113. The molecule has 0 saturated heterocycles. The first-order valence-electron chi connectivity index (χ1n) is 12.2. The number of anilines is 2. The van der Waals surface area contributed by atoms with Crippen molar-refractivity contribution in [3.8, 4) is 0 Å². The molecule has 0 fully saturated rings. The lowest BCUT2D eigenvalue weighted by Crippen LogP contribution is -2.32. The molecule has 2 aliphatic heterocycles. The number of nitrogens with one attached hydrogen (secondary N) is 3. The molecule has 0 saturated carbocycles. The molecule has 0 bridgehead atoms. The number of benzene rings is 3. The van der Waals surface area contributed by atoms with Crippen molar-refractivity contribution in [2.45, 2.75) is 26.7 Å². The topological polar surface area (TPSA) is 82.6 Å². The molecule has 2 heterocycles. The molecule has 192 valence electrons. The van der Waals surface area contributed by atoms with E-state index in [4.69, 9.17) is 16.6 Å². The van der Waals surface area contributed by atoms with Gasteiger partial charge < -0.3 is 16.0 Å². The standard InChI is InChI=1S/C30H27ClN4O2S/c1-17-8-7-11-23(18(17)2)34-30(37)35-24-16-38-29-27(24)26(20-9-5-4-6-10-20)25(19(3)32-29)28(36)33-22-14-12-21(31)13-15-22/h4-15,26H,16H2,1-3H3,(H,33,36)(H2,34,35,37). The van der Waals surface area contributed by atoms with E-state index in [1.54, 1.807) is 36.0 Å². The molecule has 3 aromatic carbocycles. The molecule has 5 rings (SSSR count). The highest BCUT2D eigenvalue weighted by atomic mass is 35.5. The van der Waals surface area contributed by atoms with Crippen molar-refractivity contribution in [1.29, 1.82) is 0 Å². The van der Waals surface area contributed by atoms with Gasteiger partial charge in [-0.2, -0.15) is 0 Å². The molecule has 38 heavy (non-hydrogen) atoms. The SMILES string of the molecule is CC1=C(C(=O)Nc2ccc(Cl)cc2)C(c2ccccc2)C2=C(NC(=O)Nc3cccc(C)c3C)CSC2=N1. The van der Waals surface area contributed by atoms with Crippen LogP contribution in [0.15, 0.2) is 100 Å². The Balaban J connectivity index is 1.50. The molecule has 2 aliphatic rings. The summed E-state index contributed by atoms with van der Waals surface area (Å²) in [5.41, 5.74) is 7.26. The second-order valence-electron chi connectivity index (χ2n) is 9.23. The van der Waals surface area contributed by atoms with E-state index in [1.165, 1.54) is 0 Å². The Morgan fingerprint density at radius 1 is 0.895 bits per heavy atom. The number of fused-ring (bicyclic) bond motifs is 1. The first kappa shape index (κ1) is 25.8. The van der Waals surface area contributed by atoms with Gasteiger partial charge in [0.1, 0.15) is 5.04 Å². The number of halogens is 1. The molecule has 0 spiro atoms. The predicted molar refractivity (Wildman–Crippen MR) is 157 cm³/mol. The molecule has 6 nitrogen and oxygen atoms in total. The van der Waals surface area contributed by atoms with E-state index in [2.05, 4.69) is 16.0 Å². The van der Waals surface area contributed by atoms with Gasteiger partial charge in [0.2, 0.25) is 0 Å². The van der Waals surface area contributed by atoms with Crippen LogP contribution in [0.4, 0.5) is 16.2 Å². The molecule has 3 amide bonds. The summed E-state index contributed by atoms with van der Waals surface area (Å²) in [6.45, 7) is 5.85. The van der Waals surface area contributed by atoms with E-state index < -0.39 is 0 Å². The zero-order valence-corrected chi connectivity index (χ0v) is 22.8. The molecular weight excluding hydrogens is 516 g/mol. The number of carbonyl (C=O) groups is 2. The molecule has 1 atom stereocenters. The van der Waals surface area contributed by atoms with Gasteiger partial charge in [-0.05, 0) is 67.8 Å². The summed E-state index contributed by atoms with van der Waals surface area (Å²) in [6.07, 6.45) is 0. The van der Waals surface area contributed by atoms with Gasteiger partial charge in [-0.3, -0.25) is 4.79 Å². The van der Waals surface area contributed by atoms with Crippen LogP contribution in [0.2, 0.25) is 5.02 Å². The fourth-order valence-corrected chi connectivity index (χ4v) is 5.90. The third-order valence-electron chi connectivity index (χ3n) is 6.74. The molecule has 8 heteroatoms. The van der Waals surface area contributed by atoms with Crippen molar-refractivity contribution in [2.75, 3.05) is 16.4 Å². The third-order valence-corrected chi connectivity index (χ3v) is 8.01. The first-order valence-corrected chi connectivity index (χ1v) is 13.6. The summed E-state index contributed by atoms with van der Waals surface area (Å²) in [4.78, 5) is 31.6. The number of nitrogens with zero attached hydrogens (tertiary/aromatic N) is 1. The number of hydrogen-bond acceptors (Lipinski definition) is 4. The molecule has 0 aromatic heterocycles. The zero-order chi connectivity index (χ0) is 26.8. The number of amides is 3. The van der Waals surface area contributed by atoms with Crippen LogP contribution in [-0.2, 0) is 4.79 Å². The van der Waals surface area contributed by atoms with Crippen molar-refractivity contribution in [1.82, 2.24) is 5.32 Å². The summed E-state index contributed by atoms with van der Waals surface area (Å²) < 4.78 is 0. The summed E-state index contributed by atoms with van der Waals surface area (Å²) in [5, 5.41) is 10.4. The molecular formula is C30H27ClN4O2S. The Bertz CT molecular complexity index is 1510. The number of rotatable bonds is 5. The number of urea groups is 1. The maximum Gasteiger partial charge on any atom is 0.323 e. The van der Waals surface area contributed by atoms with Gasteiger partial charge >= 0.3 is 6.03 Å². The molecule has 3 aromatic rings. The van der Waals surface area contributed by atoms with Gasteiger partial charge in [-0.1, -0.05) is 65.8 Å². The van der Waals surface area contributed by atoms with E-state index >= 15 is 0 Å². The van der Waals surface area contributed by atoms with E-state index in [-0.39, 0.29) is 17.9 Å². The number of carbonyl (C=O) groups excluding carboxylic acids is 2. The van der Waals surface area contributed by atoms with Crippen LogP contribution >= 0.6 is 23.4 Å². The van der Waals surface area contributed by atoms with Gasteiger partial charge in [-0.15, -0.1) is 0 Å². The predicted octanol–water partition coefficient (Wildman–Crippen LogP) is 7.19. The summed E-state index contributed by atoms with van der Waals surface area (Å²) in [6, 6.07) is 22.3. The summed E-state index contributed by atoms with van der Waals surface area (Å²) >= 11 is 7.58.